The van der Waals surface area contributed by atoms with E-state index in [-0.39, 0.29) is 5.56 Å². The van der Waals surface area contributed by atoms with E-state index in [9.17, 15) is 4.79 Å². The minimum atomic E-state index is -0.243. The van der Waals surface area contributed by atoms with Gasteiger partial charge in [-0.15, -0.1) is 0 Å². The number of nitrogens with zero attached hydrogens (tertiary/aromatic N) is 2. The molecule has 0 aliphatic carbocycles. The molecule has 2 aromatic rings. The molecule has 0 aliphatic heterocycles. The van der Waals surface area contributed by atoms with E-state index in [1.54, 1.807) is 12.3 Å². The molecule has 0 radical (unpaired) electrons. The SMILES string of the molecule is Nc1cc(=O)[nH]n1-c1ccc(Br)cn1. The molecule has 2 rings (SSSR count). The van der Waals surface area contributed by atoms with Gasteiger partial charge in [-0.2, -0.15) is 0 Å². The smallest absolute Gasteiger partial charge is 0.266 e. The predicted molar refractivity (Wildman–Crippen MR) is 56.3 cm³/mol. The normalized spacial score (nSPS) is 10.4. The molecule has 6 heteroatoms. The number of rotatable bonds is 1. The van der Waals surface area contributed by atoms with Crippen molar-refractivity contribution < 1.29 is 0 Å². The molecule has 0 bridgehead atoms. The van der Waals surface area contributed by atoms with Gasteiger partial charge in [0, 0.05) is 16.7 Å². The maximum atomic E-state index is 11.0. The first-order valence-corrected chi connectivity index (χ1v) is 4.65. The maximum Gasteiger partial charge on any atom is 0.266 e. The molecule has 14 heavy (non-hydrogen) atoms. The Morgan fingerprint density at radius 2 is 2.29 bits per heavy atom. The lowest BCUT2D eigenvalue weighted by Gasteiger charge is -2.02. The van der Waals surface area contributed by atoms with Crippen LogP contribution in [0.25, 0.3) is 5.82 Å². The van der Waals surface area contributed by atoms with Gasteiger partial charge in [0.1, 0.15) is 5.82 Å². The summed E-state index contributed by atoms with van der Waals surface area (Å²) in [7, 11) is 0. The molecule has 2 aromatic heterocycles. The van der Waals surface area contributed by atoms with Crippen molar-refractivity contribution in [3.63, 3.8) is 0 Å². The van der Waals surface area contributed by atoms with Crippen LogP contribution in [0.2, 0.25) is 0 Å². The van der Waals surface area contributed by atoms with Crippen LogP contribution in [0.4, 0.5) is 5.82 Å². The molecule has 0 atom stereocenters. The van der Waals surface area contributed by atoms with Crippen molar-refractivity contribution in [1.29, 1.82) is 0 Å². The monoisotopic (exact) mass is 254 g/mol. The van der Waals surface area contributed by atoms with Gasteiger partial charge in [0.2, 0.25) is 0 Å². The van der Waals surface area contributed by atoms with Gasteiger partial charge in [0.15, 0.2) is 5.82 Å². The van der Waals surface area contributed by atoms with E-state index in [4.69, 9.17) is 5.73 Å². The topological polar surface area (TPSA) is 76.7 Å². The Morgan fingerprint density at radius 1 is 1.50 bits per heavy atom. The average molecular weight is 255 g/mol. The highest BCUT2D eigenvalue weighted by atomic mass is 79.9. The van der Waals surface area contributed by atoms with E-state index in [2.05, 4.69) is 26.0 Å². The number of nitrogens with one attached hydrogen (secondary N) is 1. The number of halogens is 1. The summed E-state index contributed by atoms with van der Waals surface area (Å²) in [5.41, 5.74) is 5.35. The van der Waals surface area contributed by atoms with Gasteiger partial charge < -0.3 is 5.73 Å². The molecule has 0 fully saturated rings. The fourth-order valence-electron chi connectivity index (χ4n) is 1.10. The van der Waals surface area contributed by atoms with E-state index < -0.39 is 0 Å². The first-order valence-electron chi connectivity index (χ1n) is 3.86. The van der Waals surface area contributed by atoms with Crippen LogP contribution in [0, 0.1) is 0 Å². The number of hydrogen-bond donors (Lipinski definition) is 2. The lowest BCUT2D eigenvalue weighted by atomic mass is 10.4. The van der Waals surface area contributed by atoms with Crippen LogP contribution in [0.1, 0.15) is 0 Å². The summed E-state index contributed by atoms with van der Waals surface area (Å²) in [6.45, 7) is 0. The number of nitrogen functional groups attached to an aromatic ring is 1. The molecular weight excluding hydrogens is 248 g/mol. The molecule has 3 N–H and O–H groups in total. The van der Waals surface area contributed by atoms with E-state index >= 15 is 0 Å². The second-order valence-electron chi connectivity index (χ2n) is 2.72. The van der Waals surface area contributed by atoms with Crippen LogP contribution < -0.4 is 11.3 Å². The highest BCUT2D eigenvalue weighted by Gasteiger charge is 2.03. The average Bonchev–Trinajstić information content (AvgIpc) is 2.47. The minimum absolute atomic E-state index is 0.243. The molecule has 2 heterocycles. The summed E-state index contributed by atoms with van der Waals surface area (Å²) < 4.78 is 2.30. The van der Waals surface area contributed by atoms with E-state index in [1.807, 2.05) is 6.07 Å². The Kier molecular flexibility index (Phi) is 2.12. The Balaban J connectivity index is 2.54. The number of nitrogens with two attached hydrogens (primary N) is 1. The quantitative estimate of drug-likeness (QED) is 0.794. The van der Waals surface area contributed by atoms with Crippen molar-refractivity contribution in [3.05, 3.63) is 39.2 Å². The lowest BCUT2D eigenvalue weighted by molar-refractivity contribution is 0.842. The summed E-state index contributed by atoms with van der Waals surface area (Å²) in [4.78, 5) is 15.0. The maximum absolute atomic E-state index is 11.0. The van der Waals surface area contributed by atoms with Gasteiger partial charge in [-0.25, -0.2) is 9.67 Å². The Hall–Kier alpha value is -1.56. The molecule has 0 saturated heterocycles. The van der Waals surface area contributed by atoms with Crippen LogP contribution in [0.3, 0.4) is 0 Å². The zero-order chi connectivity index (χ0) is 10.1. The third-order valence-electron chi connectivity index (χ3n) is 1.70. The molecule has 0 saturated carbocycles. The molecule has 0 aliphatic rings. The zero-order valence-electron chi connectivity index (χ0n) is 7.07. The van der Waals surface area contributed by atoms with Crippen molar-refractivity contribution in [2.45, 2.75) is 0 Å². The van der Waals surface area contributed by atoms with E-state index in [1.165, 1.54) is 10.7 Å². The third kappa shape index (κ3) is 1.56. The van der Waals surface area contributed by atoms with Gasteiger partial charge in [-0.3, -0.25) is 9.89 Å². The first-order chi connectivity index (χ1) is 6.66. The van der Waals surface area contributed by atoms with Gasteiger partial charge in [0.25, 0.3) is 5.56 Å². The number of anilines is 1. The second kappa shape index (κ2) is 3.30. The van der Waals surface area contributed by atoms with Crippen LogP contribution in [0.15, 0.2) is 33.7 Å². The van der Waals surface area contributed by atoms with Crippen molar-refractivity contribution in [2.24, 2.45) is 0 Å². The molecule has 72 valence electrons. The third-order valence-corrected chi connectivity index (χ3v) is 2.17. The molecule has 0 unspecified atom stereocenters. The van der Waals surface area contributed by atoms with Gasteiger partial charge in [-0.05, 0) is 28.1 Å². The Labute approximate surface area is 87.7 Å². The number of H-pyrrole nitrogens is 1. The number of hydrogen-bond acceptors (Lipinski definition) is 3. The lowest BCUT2D eigenvalue weighted by Crippen LogP contribution is -2.06. The van der Waals surface area contributed by atoms with Gasteiger partial charge in [0.05, 0.1) is 0 Å². The largest absolute Gasteiger partial charge is 0.383 e. The molecule has 0 spiro atoms. The minimum Gasteiger partial charge on any atom is -0.383 e. The molecular formula is C8H7BrN4O. The standard InChI is InChI=1S/C8H7BrN4O/c9-5-1-2-7(11-4-5)13-6(10)3-8(14)12-13/h1-4H,10H2,(H,12,14). The van der Waals surface area contributed by atoms with Crippen molar-refractivity contribution in [1.82, 2.24) is 14.8 Å². The number of pyridine rings is 1. The number of aromatic nitrogens is 3. The summed E-state index contributed by atoms with van der Waals surface area (Å²) in [5.74, 6) is 0.914. The van der Waals surface area contributed by atoms with Gasteiger partial charge in [-0.1, -0.05) is 0 Å². The fraction of sp³-hybridized carbons (Fsp3) is 0. The first kappa shape index (κ1) is 9.01. The van der Waals surface area contributed by atoms with Crippen molar-refractivity contribution >= 4 is 21.7 Å². The Bertz CT molecular complexity index is 499. The van der Waals surface area contributed by atoms with Crippen molar-refractivity contribution in [3.8, 4) is 5.82 Å². The predicted octanol–water partition coefficient (Wildman–Crippen LogP) is 0.905. The highest BCUT2D eigenvalue weighted by Crippen LogP contribution is 2.11. The van der Waals surface area contributed by atoms with Crippen molar-refractivity contribution in [2.75, 3.05) is 5.73 Å². The Morgan fingerprint density at radius 3 is 2.79 bits per heavy atom. The van der Waals surface area contributed by atoms with Crippen LogP contribution >= 0.6 is 15.9 Å². The van der Waals surface area contributed by atoms with Crippen LogP contribution in [-0.2, 0) is 0 Å². The van der Waals surface area contributed by atoms with Gasteiger partial charge >= 0.3 is 0 Å². The summed E-state index contributed by atoms with van der Waals surface area (Å²) in [5, 5.41) is 2.54. The van der Waals surface area contributed by atoms with E-state index in [0.29, 0.717) is 11.6 Å². The van der Waals surface area contributed by atoms with Crippen LogP contribution in [0.5, 0.6) is 0 Å². The molecule has 5 nitrogen and oxygen atoms in total. The summed E-state index contributed by atoms with van der Waals surface area (Å²) in [6.07, 6.45) is 1.63. The fourth-order valence-corrected chi connectivity index (χ4v) is 1.33. The number of aromatic amines is 1. The summed E-state index contributed by atoms with van der Waals surface area (Å²) in [6, 6.07) is 4.88. The molecule has 0 amide bonds. The van der Waals surface area contributed by atoms with Crippen LogP contribution in [-0.4, -0.2) is 14.8 Å². The zero-order valence-corrected chi connectivity index (χ0v) is 8.65. The summed E-state index contributed by atoms with van der Waals surface area (Å²) >= 11 is 3.27. The van der Waals surface area contributed by atoms with E-state index in [0.717, 1.165) is 4.47 Å². The molecule has 0 aromatic carbocycles. The highest BCUT2D eigenvalue weighted by molar-refractivity contribution is 9.10. The second-order valence-corrected chi connectivity index (χ2v) is 3.63.